The lowest BCUT2D eigenvalue weighted by Gasteiger charge is -2.41. The molecule has 13 heteroatoms. The molecule has 0 aromatic rings. The van der Waals surface area contributed by atoms with Crippen LogP contribution >= 0.6 is 0 Å². The molecule has 2 saturated carbocycles. The summed E-state index contributed by atoms with van der Waals surface area (Å²) in [5.74, 6) is -2.78. The highest BCUT2D eigenvalue weighted by molar-refractivity contribution is 7.92. The second-order valence-corrected chi connectivity index (χ2v) is 19.8. The van der Waals surface area contributed by atoms with Crippen LogP contribution in [-0.2, 0) is 29.0 Å². The van der Waals surface area contributed by atoms with Crippen LogP contribution in [0.2, 0.25) is 0 Å². The minimum Gasteiger partial charge on any atom is -0.346 e. The van der Waals surface area contributed by atoms with Crippen LogP contribution in [0, 0.1) is 22.7 Å². The van der Waals surface area contributed by atoms with Crippen LogP contribution in [0.1, 0.15) is 114 Å². The van der Waals surface area contributed by atoms with E-state index in [0.717, 1.165) is 25.7 Å². The molecule has 0 radical (unpaired) electrons. The quantitative estimate of drug-likeness (QED) is 0.158. The first kappa shape index (κ1) is 40.5. The molecule has 0 bridgehead atoms. The number of unbranched alkanes of at least 4 members (excludes halogenated alkanes) is 1. The van der Waals surface area contributed by atoms with Crippen LogP contribution in [0.3, 0.4) is 0 Å². The minimum atomic E-state index is -3.56. The van der Waals surface area contributed by atoms with E-state index in [4.69, 9.17) is 0 Å². The van der Waals surface area contributed by atoms with Gasteiger partial charge in [-0.05, 0) is 62.7 Å². The van der Waals surface area contributed by atoms with Crippen molar-refractivity contribution in [2.24, 2.45) is 22.7 Å². The summed E-state index contributed by atoms with van der Waals surface area (Å²) in [5, 5.41) is 11.2. The van der Waals surface area contributed by atoms with E-state index < -0.39 is 73.2 Å². The first-order chi connectivity index (χ1) is 22.5. The van der Waals surface area contributed by atoms with Gasteiger partial charge < -0.3 is 26.2 Å². The molecule has 2 aliphatic carbocycles. The number of carbonyl (C=O) groups excluding carboxylic acids is 5. The van der Waals surface area contributed by atoms with Crippen LogP contribution < -0.4 is 21.3 Å². The molecule has 278 valence electrons. The van der Waals surface area contributed by atoms with Gasteiger partial charge in [-0.25, -0.2) is 13.2 Å². The van der Waals surface area contributed by atoms with Gasteiger partial charge in [-0.15, -0.1) is 6.58 Å². The second-order valence-electron chi connectivity index (χ2n) is 17.1. The summed E-state index contributed by atoms with van der Waals surface area (Å²) in [5.41, 5.74) is -1.94. The fourth-order valence-electron chi connectivity index (χ4n) is 7.49. The van der Waals surface area contributed by atoms with Gasteiger partial charge in [0.2, 0.25) is 17.6 Å². The molecule has 3 aliphatic rings. The Balaban J connectivity index is 1.86. The Morgan fingerprint density at radius 1 is 0.980 bits per heavy atom. The highest BCUT2D eigenvalue weighted by Crippen LogP contribution is 2.65. The summed E-state index contributed by atoms with van der Waals surface area (Å²) in [6, 6.07) is -3.60. The van der Waals surface area contributed by atoms with Gasteiger partial charge in [-0.1, -0.05) is 79.7 Å². The van der Waals surface area contributed by atoms with Gasteiger partial charge in [0.25, 0.3) is 5.91 Å². The molecule has 12 nitrogen and oxygen atoms in total. The molecule has 0 aromatic carbocycles. The zero-order chi connectivity index (χ0) is 37.2. The predicted octanol–water partition coefficient (Wildman–Crippen LogP) is 3.65. The smallest absolute Gasteiger partial charge is 0.315 e. The molecular weight excluding hydrogens is 646 g/mol. The molecular formula is C36H61N5O7S. The minimum absolute atomic E-state index is 0.0513. The van der Waals surface area contributed by atoms with E-state index in [1.807, 2.05) is 27.7 Å². The number of amides is 5. The number of rotatable bonds is 14. The van der Waals surface area contributed by atoms with Crippen LogP contribution in [0.5, 0.6) is 0 Å². The average molecular weight is 708 g/mol. The molecule has 0 spiro atoms. The maximum absolute atomic E-state index is 14.4. The van der Waals surface area contributed by atoms with E-state index in [-0.39, 0.29) is 36.0 Å². The van der Waals surface area contributed by atoms with Crippen molar-refractivity contribution < 1.29 is 32.4 Å². The van der Waals surface area contributed by atoms with E-state index in [1.54, 1.807) is 20.8 Å². The fraction of sp³-hybridized carbons (Fsp3) is 0.806. The maximum atomic E-state index is 14.4. The number of hydrogen-bond acceptors (Lipinski definition) is 7. The molecule has 5 amide bonds. The molecule has 0 aromatic heterocycles. The number of fused-ring (bicyclic) bond motifs is 1. The van der Waals surface area contributed by atoms with Crippen LogP contribution in [0.15, 0.2) is 12.7 Å². The van der Waals surface area contributed by atoms with Gasteiger partial charge in [0.05, 0.1) is 22.1 Å². The standard InChI is InChI=1S/C36H61N5O7S/c1-11-13-17-24(27(42)30(44)37-20-12-2)38-29(43)26-25-23(35(25,9)10)21-41(26)31(45)28(33(3,4)5)39-32(46)40-36(18-15-14-16-19-36)22-49(47,48)34(6,7)8/h12,23-26,28H,2,11,13-22H2,1,3-10H3,(H,37,44)(H,38,43)(H2,39,40,46)/t23?,24?,25-,26-,28+/m0/s1. The van der Waals surface area contributed by atoms with E-state index >= 15 is 0 Å². The average Bonchev–Trinajstić information content (AvgIpc) is 3.30. The van der Waals surface area contributed by atoms with Gasteiger partial charge >= 0.3 is 6.03 Å². The third-order valence-corrected chi connectivity index (χ3v) is 13.6. The van der Waals surface area contributed by atoms with Crippen molar-refractivity contribution in [1.29, 1.82) is 0 Å². The van der Waals surface area contributed by atoms with Crippen molar-refractivity contribution in [3.05, 3.63) is 12.7 Å². The summed E-state index contributed by atoms with van der Waals surface area (Å²) in [4.78, 5) is 69.4. The third kappa shape index (κ3) is 9.24. The summed E-state index contributed by atoms with van der Waals surface area (Å²) in [7, 11) is -3.56. The molecule has 49 heavy (non-hydrogen) atoms. The molecule has 1 saturated heterocycles. The Hall–Kier alpha value is -2.96. The summed E-state index contributed by atoms with van der Waals surface area (Å²) < 4.78 is 25.6. The zero-order valence-electron chi connectivity index (χ0n) is 31.2. The molecule has 1 aliphatic heterocycles. The lowest BCUT2D eigenvalue weighted by Crippen LogP contribution is -2.64. The van der Waals surface area contributed by atoms with Crippen molar-refractivity contribution in [2.75, 3.05) is 18.8 Å². The molecule has 3 rings (SSSR count). The Morgan fingerprint density at radius 3 is 2.12 bits per heavy atom. The number of nitrogens with one attached hydrogen (secondary N) is 4. The number of ketones is 1. The maximum Gasteiger partial charge on any atom is 0.315 e. The topological polar surface area (TPSA) is 171 Å². The highest BCUT2D eigenvalue weighted by atomic mass is 32.2. The number of sulfone groups is 1. The Morgan fingerprint density at radius 2 is 1.59 bits per heavy atom. The van der Waals surface area contributed by atoms with Gasteiger partial charge in [-0.2, -0.15) is 0 Å². The number of Topliss-reactive ketones (excluding diaryl/α,β-unsaturated/α-hetero) is 1. The summed E-state index contributed by atoms with van der Waals surface area (Å²) in [6.07, 6.45) is 6.64. The van der Waals surface area contributed by atoms with Gasteiger partial charge in [0.1, 0.15) is 12.1 Å². The van der Waals surface area contributed by atoms with Crippen molar-refractivity contribution in [3.63, 3.8) is 0 Å². The number of nitrogens with zero attached hydrogens (tertiary/aromatic N) is 1. The fourth-order valence-corrected chi connectivity index (χ4v) is 9.02. The third-order valence-electron chi connectivity index (χ3n) is 10.8. The number of carbonyl (C=O) groups is 5. The zero-order valence-corrected chi connectivity index (χ0v) is 32.0. The highest BCUT2D eigenvalue weighted by Gasteiger charge is 2.70. The molecule has 2 unspecified atom stereocenters. The van der Waals surface area contributed by atoms with E-state index in [2.05, 4.69) is 41.7 Å². The number of hydrogen-bond donors (Lipinski definition) is 4. The lowest BCUT2D eigenvalue weighted by atomic mass is 9.83. The predicted molar refractivity (Wildman–Crippen MR) is 190 cm³/mol. The van der Waals surface area contributed by atoms with Crippen LogP contribution in [0.4, 0.5) is 4.79 Å². The molecule has 1 heterocycles. The first-order valence-corrected chi connectivity index (χ1v) is 19.5. The molecule has 5 atom stereocenters. The Bertz CT molecular complexity index is 1390. The summed E-state index contributed by atoms with van der Waals surface area (Å²) in [6.45, 7) is 20.5. The molecule has 4 N–H and O–H groups in total. The first-order valence-electron chi connectivity index (χ1n) is 17.9. The van der Waals surface area contributed by atoms with Gasteiger partial charge in [-0.3, -0.25) is 19.2 Å². The normalized spacial score (nSPS) is 24.1. The van der Waals surface area contributed by atoms with Gasteiger partial charge in [0.15, 0.2) is 9.84 Å². The van der Waals surface area contributed by atoms with E-state index in [1.165, 1.54) is 11.0 Å². The van der Waals surface area contributed by atoms with Crippen molar-refractivity contribution in [1.82, 2.24) is 26.2 Å². The number of piperidine rings is 1. The second kappa shape index (κ2) is 15.1. The number of likely N-dealkylation sites (tertiary alicyclic amines) is 1. The van der Waals surface area contributed by atoms with Gasteiger partial charge in [0, 0.05) is 13.1 Å². The monoisotopic (exact) mass is 707 g/mol. The molecule has 3 fully saturated rings. The van der Waals surface area contributed by atoms with Crippen molar-refractivity contribution in [2.45, 2.75) is 142 Å². The van der Waals surface area contributed by atoms with Crippen LogP contribution in [0.25, 0.3) is 0 Å². The van der Waals surface area contributed by atoms with Crippen LogP contribution in [-0.4, -0.2) is 90.1 Å². The summed E-state index contributed by atoms with van der Waals surface area (Å²) >= 11 is 0. The SMILES string of the molecule is C=CCNC(=O)C(=O)C(CCCC)NC(=O)[C@@H]1[C@@H]2C(CN1C(=O)[C@@H](NC(=O)NC1(CS(=O)(=O)C(C)(C)C)CCCCC1)C(C)(C)C)C2(C)C. The van der Waals surface area contributed by atoms with E-state index in [0.29, 0.717) is 25.8 Å². The Labute approximate surface area is 293 Å². The van der Waals surface area contributed by atoms with E-state index in [9.17, 15) is 32.4 Å². The Kier molecular flexibility index (Phi) is 12.5. The van der Waals surface area contributed by atoms with Crippen molar-refractivity contribution >= 4 is 39.4 Å². The lowest BCUT2D eigenvalue weighted by molar-refractivity contribution is -0.145. The number of urea groups is 1. The largest absolute Gasteiger partial charge is 0.346 e. The van der Waals surface area contributed by atoms with Crippen molar-refractivity contribution in [3.8, 4) is 0 Å².